The standard InChI is InChI=1S/C17H18FNO2/c1-12(14-8-4-6-10-16(14)21-2)19-17(20)11-13-7-3-5-9-15(13)18/h3-10,12H,11H2,1-2H3,(H,19,20)/t12-/m0/s1. The molecular formula is C17H18FNO2. The highest BCUT2D eigenvalue weighted by Gasteiger charge is 2.14. The van der Waals surface area contributed by atoms with Crippen LogP contribution >= 0.6 is 0 Å². The quantitative estimate of drug-likeness (QED) is 0.916. The summed E-state index contributed by atoms with van der Waals surface area (Å²) in [6, 6.07) is 13.6. The Morgan fingerprint density at radius 3 is 2.57 bits per heavy atom. The van der Waals surface area contributed by atoms with Crippen molar-refractivity contribution in [2.45, 2.75) is 19.4 Å². The van der Waals surface area contributed by atoms with Gasteiger partial charge in [-0.05, 0) is 24.6 Å². The van der Waals surface area contributed by atoms with Gasteiger partial charge in [0, 0.05) is 5.56 Å². The van der Waals surface area contributed by atoms with E-state index >= 15 is 0 Å². The van der Waals surface area contributed by atoms with Gasteiger partial charge in [-0.3, -0.25) is 4.79 Å². The molecule has 3 nitrogen and oxygen atoms in total. The molecule has 0 bridgehead atoms. The normalized spacial score (nSPS) is 11.8. The molecule has 1 N–H and O–H groups in total. The van der Waals surface area contributed by atoms with Gasteiger partial charge in [-0.2, -0.15) is 0 Å². The number of hydrogen-bond acceptors (Lipinski definition) is 2. The molecule has 2 rings (SSSR count). The summed E-state index contributed by atoms with van der Waals surface area (Å²) in [7, 11) is 1.59. The first-order valence-corrected chi connectivity index (χ1v) is 6.77. The second-order valence-corrected chi connectivity index (χ2v) is 4.80. The Labute approximate surface area is 123 Å². The number of nitrogens with one attached hydrogen (secondary N) is 1. The summed E-state index contributed by atoms with van der Waals surface area (Å²) < 4.78 is 18.8. The van der Waals surface area contributed by atoms with Crippen molar-refractivity contribution in [1.29, 1.82) is 0 Å². The van der Waals surface area contributed by atoms with Crippen LogP contribution in [0.2, 0.25) is 0 Å². The lowest BCUT2D eigenvalue weighted by Gasteiger charge is -2.17. The Bertz CT molecular complexity index is 628. The van der Waals surface area contributed by atoms with Crippen molar-refractivity contribution in [3.05, 3.63) is 65.5 Å². The van der Waals surface area contributed by atoms with Gasteiger partial charge in [0.25, 0.3) is 0 Å². The van der Waals surface area contributed by atoms with E-state index in [1.54, 1.807) is 25.3 Å². The van der Waals surface area contributed by atoms with Gasteiger partial charge in [-0.15, -0.1) is 0 Å². The van der Waals surface area contributed by atoms with E-state index in [-0.39, 0.29) is 24.2 Å². The highest BCUT2D eigenvalue weighted by atomic mass is 19.1. The van der Waals surface area contributed by atoms with E-state index < -0.39 is 0 Å². The molecular weight excluding hydrogens is 269 g/mol. The van der Waals surface area contributed by atoms with Crippen molar-refractivity contribution in [2.75, 3.05) is 7.11 Å². The van der Waals surface area contributed by atoms with Gasteiger partial charge in [0.05, 0.1) is 19.6 Å². The summed E-state index contributed by atoms with van der Waals surface area (Å²) in [5.41, 5.74) is 1.28. The maximum Gasteiger partial charge on any atom is 0.225 e. The largest absolute Gasteiger partial charge is 0.496 e. The number of benzene rings is 2. The lowest BCUT2D eigenvalue weighted by molar-refractivity contribution is -0.121. The molecule has 0 fully saturated rings. The van der Waals surface area contributed by atoms with Crippen LogP contribution in [0.5, 0.6) is 5.75 Å². The van der Waals surface area contributed by atoms with Crippen LogP contribution in [-0.4, -0.2) is 13.0 Å². The zero-order valence-corrected chi connectivity index (χ0v) is 12.1. The summed E-state index contributed by atoms with van der Waals surface area (Å²) >= 11 is 0. The summed E-state index contributed by atoms with van der Waals surface area (Å²) in [4.78, 5) is 12.0. The van der Waals surface area contributed by atoms with Crippen molar-refractivity contribution >= 4 is 5.91 Å². The fourth-order valence-corrected chi connectivity index (χ4v) is 2.21. The van der Waals surface area contributed by atoms with Crippen LogP contribution < -0.4 is 10.1 Å². The van der Waals surface area contributed by atoms with Gasteiger partial charge in [0.2, 0.25) is 5.91 Å². The summed E-state index contributed by atoms with van der Waals surface area (Å²) in [5.74, 6) is 0.132. The van der Waals surface area contributed by atoms with Crippen molar-refractivity contribution in [3.8, 4) is 5.75 Å². The zero-order chi connectivity index (χ0) is 15.2. The molecule has 0 unspecified atom stereocenters. The van der Waals surface area contributed by atoms with Crippen molar-refractivity contribution in [1.82, 2.24) is 5.32 Å². The lowest BCUT2D eigenvalue weighted by atomic mass is 10.1. The SMILES string of the molecule is COc1ccccc1[C@H](C)NC(=O)Cc1ccccc1F. The highest BCUT2D eigenvalue weighted by Crippen LogP contribution is 2.24. The number of amides is 1. The van der Waals surface area contributed by atoms with E-state index in [4.69, 9.17) is 4.74 Å². The third kappa shape index (κ3) is 3.81. The van der Waals surface area contributed by atoms with Crippen molar-refractivity contribution in [2.24, 2.45) is 0 Å². The summed E-state index contributed by atoms with van der Waals surface area (Å²) in [6.07, 6.45) is 0.0200. The molecule has 0 saturated heterocycles. The maximum atomic E-state index is 13.5. The Morgan fingerprint density at radius 1 is 1.19 bits per heavy atom. The van der Waals surface area contributed by atoms with E-state index in [0.29, 0.717) is 5.56 Å². The minimum Gasteiger partial charge on any atom is -0.496 e. The highest BCUT2D eigenvalue weighted by molar-refractivity contribution is 5.79. The fraction of sp³-hybridized carbons (Fsp3) is 0.235. The molecule has 110 valence electrons. The molecule has 1 atom stereocenters. The van der Waals surface area contributed by atoms with Crippen LogP contribution in [0, 0.1) is 5.82 Å². The molecule has 0 aliphatic carbocycles. The predicted molar refractivity (Wildman–Crippen MR) is 79.7 cm³/mol. The number of carbonyl (C=O) groups is 1. The smallest absolute Gasteiger partial charge is 0.225 e. The first-order valence-electron chi connectivity index (χ1n) is 6.77. The number of rotatable bonds is 5. The molecule has 0 saturated carbocycles. The van der Waals surface area contributed by atoms with Gasteiger partial charge in [-0.1, -0.05) is 36.4 Å². The molecule has 2 aromatic rings. The maximum absolute atomic E-state index is 13.5. The van der Waals surface area contributed by atoms with E-state index in [0.717, 1.165) is 11.3 Å². The average Bonchev–Trinajstić information content (AvgIpc) is 2.49. The zero-order valence-electron chi connectivity index (χ0n) is 12.1. The molecule has 1 amide bonds. The van der Waals surface area contributed by atoms with E-state index in [1.165, 1.54) is 6.07 Å². The molecule has 2 aromatic carbocycles. The number of para-hydroxylation sites is 1. The monoisotopic (exact) mass is 287 g/mol. The molecule has 0 heterocycles. The fourth-order valence-electron chi connectivity index (χ4n) is 2.21. The van der Waals surface area contributed by atoms with Crippen LogP contribution in [0.3, 0.4) is 0 Å². The second-order valence-electron chi connectivity index (χ2n) is 4.80. The minimum atomic E-state index is -0.363. The van der Waals surface area contributed by atoms with Crippen LogP contribution in [0.1, 0.15) is 24.1 Å². The van der Waals surface area contributed by atoms with Crippen LogP contribution in [-0.2, 0) is 11.2 Å². The third-order valence-corrected chi connectivity index (χ3v) is 3.29. The van der Waals surface area contributed by atoms with Gasteiger partial charge in [0.1, 0.15) is 11.6 Å². The van der Waals surface area contributed by atoms with E-state index in [9.17, 15) is 9.18 Å². The van der Waals surface area contributed by atoms with E-state index in [1.807, 2.05) is 31.2 Å². The minimum absolute atomic E-state index is 0.0200. The number of ether oxygens (including phenoxy) is 1. The van der Waals surface area contributed by atoms with Crippen LogP contribution in [0.25, 0.3) is 0 Å². The van der Waals surface area contributed by atoms with Gasteiger partial charge >= 0.3 is 0 Å². The number of carbonyl (C=O) groups excluding carboxylic acids is 1. The second kappa shape index (κ2) is 6.88. The van der Waals surface area contributed by atoms with Crippen molar-refractivity contribution in [3.63, 3.8) is 0 Å². The topological polar surface area (TPSA) is 38.3 Å². The van der Waals surface area contributed by atoms with E-state index in [2.05, 4.69) is 5.32 Å². The number of methoxy groups -OCH3 is 1. The molecule has 0 radical (unpaired) electrons. The Hall–Kier alpha value is -2.36. The molecule has 0 aliphatic rings. The Morgan fingerprint density at radius 2 is 1.86 bits per heavy atom. The predicted octanol–water partition coefficient (Wildman–Crippen LogP) is 3.25. The Kier molecular flexibility index (Phi) is 4.93. The van der Waals surface area contributed by atoms with Crippen LogP contribution in [0.15, 0.2) is 48.5 Å². The van der Waals surface area contributed by atoms with Crippen molar-refractivity contribution < 1.29 is 13.9 Å². The molecule has 21 heavy (non-hydrogen) atoms. The number of halogens is 1. The van der Waals surface area contributed by atoms with Gasteiger partial charge in [0.15, 0.2) is 0 Å². The molecule has 0 spiro atoms. The lowest BCUT2D eigenvalue weighted by Crippen LogP contribution is -2.28. The first-order chi connectivity index (χ1) is 10.1. The van der Waals surface area contributed by atoms with Gasteiger partial charge in [-0.25, -0.2) is 4.39 Å². The molecule has 4 heteroatoms. The molecule has 0 aromatic heterocycles. The summed E-state index contributed by atoms with van der Waals surface area (Å²) in [5, 5.41) is 2.86. The number of hydrogen-bond donors (Lipinski definition) is 1. The summed E-state index contributed by atoms with van der Waals surface area (Å²) in [6.45, 7) is 1.87. The van der Waals surface area contributed by atoms with Crippen LogP contribution in [0.4, 0.5) is 4.39 Å². The third-order valence-electron chi connectivity index (χ3n) is 3.29. The first kappa shape index (κ1) is 15.0. The average molecular weight is 287 g/mol. The Balaban J connectivity index is 2.04. The molecule has 0 aliphatic heterocycles. The van der Waals surface area contributed by atoms with Gasteiger partial charge < -0.3 is 10.1 Å².